The molecule has 0 aromatic rings. The SMILES string of the molecule is CC1CN(CC2CC3CCC2C3)CCN1.Cl. The molecule has 0 radical (unpaired) electrons. The van der Waals surface area contributed by atoms with Gasteiger partial charge in [0.1, 0.15) is 0 Å². The molecule has 1 saturated heterocycles. The summed E-state index contributed by atoms with van der Waals surface area (Å²) in [6.45, 7) is 7.45. The van der Waals surface area contributed by atoms with Crippen LogP contribution in [-0.2, 0) is 0 Å². The van der Waals surface area contributed by atoms with Crippen LogP contribution in [0.3, 0.4) is 0 Å². The van der Waals surface area contributed by atoms with Crippen molar-refractivity contribution in [1.82, 2.24) is 10.2 Å². The molecule has 3 fully saturated rings. The average Bonchev–Trinajstić information content (AvgIpc) is 2.79. The molecule has 4 atom stereocenters. The molecule has 2 nitrogen and oxygen atoms in total. The summed E-state index contributed by atoms with van der Waals surface area (Å²) in [4.78, 5) is 2.70. The number of rotatable bonds is 2. The molecule has 2 saturated carbocycles. The summed E-state index contributed by atoms with van der Waals surface area (Å²) in [5.74, 6) is 3.26. The normalized spacial score (nSPS) is 43.3. The van der Waals surface area contributed by atoms with Crippen molar-refractivity contribution in [3.05, 3.63) is 0 Å². The van der Waals surface area contributed by atoms with Crippen LogP contribution in [0, 0.1) is 17.8 Å². The first kappa shape index (κ1) is 12.7. The first-order chi connectivity index (χ1) is 7.31. The van der Waals surface area contributed by atoms with Gasteiger partial charge in [-0.2, -0.15) is 0 Å². The minimum absolute atomic E-state index is 0. The molecule has 0 aromatic heterocycles. The van der Waals surface area contributed by atoms with Crippen molar-refractivity contribution in [1.29, 1.82) is 0 Å². The van der Waals surface area contributed by atoms with Gasteiger partial charge in [-0.15, -0.1) is 12.4 Å². The van der Waals surface area contributed by atoms with Crippen LogP contribution >= 0.6 is 12.4 Å². The number of hydrogen-bond donors (Lipinski definition) is 1. The summed E-state index contributed by atoms with van der Waals surface area (Å²) in [5, 5.41) is 3.53. The molecule has 1 aliphatic heterocycles. The molecular weight excluding hydrogens is 220 g/mol. The third-order valence-corrected chi connectivity index (χ3v) is 4.83. The predicted octanol–water partition coefficient (Wildman–Crippen LogP) is 2.14. The Labute approximate surface area is 106 Å². The highest BCUT2D eigenvalue weighted by molar-refractivity contribution is 5.85. The fourth-order valence-electron chi connectivity index (χ4n) is 4.11. The molecule has 2 bridgehead atoms. The van der Waals surface area contributed by atoms with E-state index in [1.165, 1.54) is 32.6 Å². The van der Waals surface area contributed by atoms with Crippen LogP contribution < -0.4 is 5.32 Å². The Kier molecular flexibility index (Phi) is 4.15. The van der Waals surface area contributed by atoms with Gasteiger partial charge in [0.25, 0.3) is 0 Å². The third-order valence-electron chi connectivity index (χ3n) is 4.83. The number of piperazine rings is 1. The van der Waals surface area contributed by atoms with Gasteiger partial charge in [-0.25, -0.2) is 0 Å². The predicted molar refractivity (Wildman–Crippen MR) is 70.1 cm³/mol. The van der Waals surface area contributed by atoms with Crippen molar-refractivity contribution in [2.24, 2.45) is 17.8 Å². The Bertz CT molecular complexity index is 234. The summed E-state index contributed by atoms with van der Waals surface area (Å²) >= 11 is 0. The molecule has 3 heteroatoms. The van der Waals surface area contributed by atoms with E-state index in [4.69, 9.17) is 0 Å². The van der Waals surface area contributed by atoms with Gasteiger partial charge in [0.05, 0.1) is 0 Å². The lowest BCUT2D eigenvalue weighted by molar-refractivity contribution is 0.153. The number of fused-ring (bicyclic) bond motifs is 2. The summed E-state index contributed by atoms with van der Waals surface area (Å²) in [5.41, 5.74) is 0. The Morgan fingerprint density at radius 3 is 2.75 bits per heavy atom. The van der Waals surface area contributed by atoms with Crippen LogP contribution in [0.1, 0.15) is 32.6 Å². The highest BCUT2D eigenvalue weighted by Crippen LogP contribution is 2.48. The standard InChI is InChI=1S/C13H24N2.ClH/c1-10-8-15(5-4-14-10)9-13-7-11-2-3-12(13)6-11;/h10-14H,2-9H2,1H3;1H. The van der Waals surface area contributed by atoms with Gasteiger partial charge in [-0.3, -0.25) is 0 Å². The van der Waals surface area contributed by atoms with Gasteiger partial charge < -0.3 is 10.2 Å². The van der Waals surface area contributed by atoms with Crippen molar-refractivity contribution in [3.63, 3.8) is 0 Å². The van der Waals surface area contributed by atoms with E-state index in [0.717, 1.165) is 17.8 Å². The van der Waals surface area contributed by atoms with Crippen molar-refractivity contribution in [2.45, 2.75) is 38.6 Å². The fraction of sp³-hybridized carbons (Fsp3) is 1.00. The molecule has 4 unspecified atom stereocenters. The highest BCUT2D eigenvalue weighted by atomic mass is 35.5. The zero-order chi connectivity index (χ0) is 10.3. The van der Waals surface area contributed by atoms with Crippen molar-refractivity contribution in [2.75, 3.05) is 26.2 Å². The molecule has 2 aliphatic carbocycles. The van der Waals surface area contributed by atoms with Crippen LogP contribution in [0.25, 0.3) is 0 Å². The summed E-state index contributed by atoms with van der Waals surface area (Å²) in [6, 6.07) is 0.706. The van der Waals surface area contributed by atoms with Crippen LogP contribution in [0.4, 0.5) is 0 Å². The minimum atomic E-state index is 0. The zero-order valence-corrected chi connectivity index (χ0v) is 11.1. The average molecular weight is 245 g/mol. The Balaban J connectivity index is 0.000000963. The van der Waals surface area contributed by atoms with Crippen molar-refractivity contribution >= 4 is 12.4 Å². The maximum atomic E-state index is 3.53. The van der Waals surface area contributed by atoms with Gasteiger partial charge >= 0.3 is 0 Å². The van der Waals surface area contributed by atoms with Crippen molar-refractivity contribution in [3.8, 4) is 0 Å². The molecule has 3 aliphatic rings. The molecule has 1 heterocycles. The monoisotopic (exact) mass is 244 g/mol. The van der Waals surface area contributed by atoms with Crippen molar-refractivity contribution < 1.29 is 0 Å². The molecular formula is C13H25ClN2. The van der Waals surface area contributed by atoms with E-state index in [0.29, 0.717) is 6.04 Å². The second-order valence-electron chi connectivity index (χ2n) is 6.05. The van der Waals surface area contributed by atoms with Crippen LogP contribution in [0.5, 0.6) is 0 Å². The largest absolute Gasteiger partial charge is 0.312 e. The van der Waals surface area contributed by atoms with Gasteiger partial charge in [0.2, 0.25) is 0 Å². The molecule has 16 heavy (non-hydrogen) atoms. The summed E-state index contributed by atoms with van der Waals surface area (Å²) in [7, 11) is 0. The second kappa shape index (κ2) is 5.24. The maximum Gasteiger partial charge on any atom is 0.0167 e. The van der Waals surface area contributed by atoms with Gasteiger partial charge in [-0.1, -0.05) is 6.42 Å². The van der Waals surface area contributed by atoms with Gasteiger partial charge in [0.15, 0.2) is 0 Å². The first-order valence-electron chi connectivity index (χ1n) is 6.77. The van der Waals surface area contributed by atoms with E-state index in [1.807, 2.05) is 0 Å². The molecule has 1 N–H and O–H groups in total. The van der Waals surface area contributed by atoms with E-state index in [9.17, 15) is 0 Å². The quantitative estimate of drug-likeness (QED) is 0.801. The smallest absolute Gasteiger partial charge is 0.0167 e. The van der Waals surface area contributed by atoms with E-state index in [-0.39, 0.29) is 12.4 Å². The third kappa shape index (κ3) is 2.55. The second-order valence-corrected chi connectivity index (χ2v) is 6.05. The van der Waals surface area contributed by atoms with Crippen LogP contribution in [0.2, 0.25) is 0 Å². The van der Waals surface area contributed by atoms with Crippen LogP contribution in [-0.4, -0.2) is 37.1 Å². The molecule has 0 aromatic carbocycles. The van der Waals surface area contributed by atoms with Gasteiger partial charge in [-0.05, 0) is 43.9 Å². The molecule has 3 rings (SSSR count). The van der Waals surface area contributed by atoms with E-state index >= 15 is 0 Å². The number of nitrogens with one attached hydrogen (secondary N) is 1. The lowest BCUT2D eigenvalue weighted by atomic mass is 9.88. The maximum absolute atomic E-state index is 3.53. The topological polar surface area (TPSA) is 15.3 Å². The summed E-state index contributed by atoms with van der Waals surface area (Å²) < 4.78 is 0. The van der Waals surface area contributed by atoms with E-state index < -0.39 is 0 Å². The van der Waals surface area contributed by atoms with Gasteiger partial charge in [0, 0.05) is 32.2 Å². The molecule has 0 spiro atoms. The molecule has 94 valence electrons. The number of nitrogens with zero attached hydrogens (tertiary/aromatic N) is 1. The first-order valence-corrected chi connectivity index (χ1v) is 6.77. The van der Waals surface area contributed by atoms with E-state index in [2.05, 4.69) is 17.1 Å². The highest BCUT2D eigenvalue weighted by Gasteiger charge is 2.40. The zero-order valence-electron chi connectivity index (χ0n) is 10.3. The Hall–Kier alpha value is 0.210. The Morgan fingerprint density at radius 1 is 1.25 bits per heavy atom. The fourth-order valence-corrected chi connectivity index (χ4v) is 4.11. The lowest BCUT2D eigenvalue weighted by Crippen LogP contribution is -2.50. The number of halogens is 1. The number of hydrogen-bond acceptors (Lipinski definition) is 2. The summed E-state index contributed by atoms with van der Waals surface area (Å²) in [6.07, 6.45) is 6.19. The Morgan fingerprint density at radius 2 is 2.12 bits per heavy atom. The van der Waals surface area contributed by atoms with Crippen LogP contribution in [0.15, 0.2) is 0 Å². The minimum Gasteiger partial charge on any atom is -0.312 e. The lowest BCUT2D eigenvalue weighted by Gasteiger charge is -2.35. The van der Waals surface area contributed by atoms with E-state index in [1.54, 1.807) is 19.3 Å². The molecule has 0 amide bonds.